The van der Waals surface area contributed by atoms with E-state index < -0.39 is 17.6 Å². The van der Waals surface area contributed by atoms with Crippen LogP contribution in [0.4, 0.5) is 0 Å². The van der Waals surface area contributed by atoms with E-state index in [1.54, 1.807) is 43.0 Å². The van der Waals surface area contributed by atoms with Crippen molar-refractivity contribution >= 4 is 11.7 Å². The highest BCUT2D eigenvalue weighted by molar-refractivity contribution is 6.04. The summed E-state index contributed by atoms with van der Waals surface area (Å²) in [5, 5.41) is 20.3. The van der Waals surface area contributed by atoms with Crippen LogP contribution in [0.5, 0.6) is 0 Å². The zero-order valence-electron chi connectivity index (χ0n) is 14.6. The summed E-state index contributed by atoms with van der Waals surface area (Å²) >= 11 is 0. The van der Waals surface area contributed by atoms with Gasteiger partial charge in [-0.1, -0.05) is 18.2 Å². The van der Waals surface area contributed by atoms with Crippen LogP contribution in [0, 0.1) is 16.7 Å². The predicted molar refractivity (Wildman–Crippen MR) is 94.3 cm³/mol. The van der Waals surface area contributed by atoms with Gasteiger partial charge in [0, 0.05) is 17.7 Å². The van der Waals surface area contributed by atoms with Gasteiger partial charge in [-0.3, -0.25) is 9.59 Å². The summed E-state index contributed by atoms with van der Waals surface area (Å²) in [5.41, 5.74) is 1.90. The van der Waals surface area contributed by atoms with Crippen LogP contribution >= 0.6 is 0 Å². The van der Waals surface area contributed by atoms with E-state index in [1.165, 1.54) is 0 Å². The molecule has 0 unspecified atom stereocenters. The Morgan fingerprint density at radius 1 is 1.15 bits per heavy atom. The molecule has 4 rings (SSSR count). The van der Waals surface area contributed by atoms with Crippen molar-refractivity contribution in [3.63, 3.8) is 0 Å². The molecule has 1 aliphatic heterocycles. The van der Waals surface area contributed by atoms with Crippen LogP contribution in [-0.2, 0) is 6.54 Å². The molecule has 0 saturated carbocycles. The molecule has 1 aliphatic carbocycles. The molecule has 1 amide bonds. The smallest absolute Gasteiger partial charge is 0.255 e. The number of benzene rings is 2. The molecule has 0 radical (unpaired) electrons. The molecule has 2 atom stereocenters. The van der Waals surface area contributed by atoms with Crippen molar-refractivity contribution in [2.75, 3.05) is 0 Å². The third-order valence-electron chi connectivity index (χ3n) is 5.55. The number of carbonyl (C=O) groups is 2. The number of ketones is 1. The summed E-state index contributed by atoms with van der Waals surface area (Å²) in [5.74, 6) is -0.340. The van der Waals surface area contributed by atoms with E-state index in [-0.39, 0.29) is 11.7 Å². The van der Waals surface area contributed by atoms with Gasteiger partial charge in [-0.15, -0.1) is 0 Å². The van der Waals surface area contributed by atoms with Crippen LogP contribution < -0.4 is 0 Å². The molecule has 2 aromatic carbocycles. The monoisotopic (exact) mass is 346 g/mol. The first-order valence-electron chi connectivity index (χ1n) is 8.52. The van der Waals surface area contributed by atoms with E-state index in [0.717, 1.165) is 5.56 Å². The van der Waals surface area contributed by atoms with Crippen LogP contribution in [0.1, 0.15) is 57.3 Å². The van der Waals surface area contributed by atoms with Crippen molar-refractivity contribution in [1.29, 1.82) is 5.26 Å². The first-order chi connectivity index (χ1) is 12.4. The second-order valence-electron chi connectivity index (χ2n) is 7.44. The zero-order valence-corrected chi connectivity index (χ0v) is 14.6. The lowest BCUT2D eigenvalue weighted by Gasteiger charge is -2.44. The van der Waals surface area contributed by atoms with Gasteiger partial charge in [0.25, 0.3) is 5.91 Å². The van der Waals surface area contributed by atoms with E-state index >= 15 is 0 Å². The molecule has 0 spiro atoms. The normalized spacial score (nSPS) is 23.4. The molecule has 0 aromatic heterocycles. The molecular formula is C21H18N2O3. The lowest BCUT2D eigenvalue weighted by Crippen LogP contribution is -2.51. The van der Waals surface area contributed by atoms with Gasteiger partial charge < -0.3 is 10.0 Å². The van der Waals surface area contributed by atoms with Crippen LogP contribution in [0.2, 0.25) is 0 Å². The minimum absolute atomic E-state index is 0.164. The minimum atomic E-state index is -1.06. The SMILES string of the molecule is CC1(C)C(=O)c2ccc(C#N)cc2[C@@H](N2Cc3ccccc3C2=O)[C@@H]1O. The van der Waals surface area contributed by atoms with E-state index in [1.807, 2.05) is 18.2 Å². The topological polar surface area (TPSA) is 81.4 Å². The summed E-state index contributed by atoms with van der Waals surface area (Å²) < 4.78 is 0. The largest absolute Gasteiger partial charge is 0.390 e. The summed E-state index contributed by atoms with van der Waals surface area (Å²) in [6.45, 7) is 3.76. The Kier molecular flexibility index (Phi) is 3.50. The summed E-state index contributed by atoms with van der Waals surface area (Å²) in [7, 11) is 0. The van der Waals surface area contributed by atoms with Crippen molar-refractivity contribution in [2.24, 2.45) is 5.41 Å². The van der Waals surface area contributed by atoms with Crippen molar-refractivity contribution in [3.05, 3.63) is 70.3 Å². The predicted octanol–water partition coefficient (Wildman–Crippen LogP) is 2.84. The Hall–Kier alpha value is -2.97. The molecule has 0 bridgehead atoms. The highest BCUT2D eigenvalue weighted by atomic mass is 16.3. The highest BCUT2D eigenvalue weighted by Gasteiger charge is 2.51. The van der Waals surface area contributed by atoms with Crippen molar-refractivity contribution in [2.45, 2.75) is 32.5 Å². The van der Waals surface area contributed by atoms with Gasteiger partial charge in [-0.2, -0.15) is 5.26 Å². The average Bonchev–Trinajstić information content (AvgIpc) is 2.97. The second kappa shape index (κ2) is 5.52. The number of hydrogen-bond acceptors (Lipinski definition) is 4. The van der Waals surface area contributed by atoms with Crippen molar-refractivity contribution in [1.82, 2.24) is 4.90 Å². The van der Waals surface area contributed by atoms with Crippen LogP contribution in [0.15, 0.2) is 42.5 Å². The van der Waals surface area contributed by atoms with E-state index in [2.05, 4.69) is 6.07 Å². The van der Waals surface area contributed by atoms with Crippen molar-refractivity contribution in [3.8, 4) is 6.07 Å². The quantitative estimate of drug-likeness (QED) is 0.861. The third-order valence-corrected chi connectivity index (χ3v) is 5.55. The Morgan fingerprint density at radius 2 is 1.88 bits per heavy atom. The fourth-order valence-corrected chi connectivity index (χ4v) is 3.97. The third kappa shape index (κ3) is 2.12. The molecule has 5 nitrogen and oxygen atoms in total. The number of fused-ring (bicyclic) bond motifs is 2. The maximum absolute atomic E-state index is 13.0. The molecule has 26 heavy (non-hydrogen) atoms. The molecule has 0 fully saturated rings. The van der Waals surface area contributed by atoms with Crippen LogP contribution in [-0.4, -0.2) is 27.8 Å². The summed E-state index contributed by atoms with van der Waals surface area (Å²) in [4.78, 5) is 27.4. The highest BCUT2D eigenvalue weighted by Crippen LogP contribution is 2.46. The second-order valence-corrected chi connectivity index (χ2v) is 7.44. The van der Waals surface area contributed by atoms with Crippen molar-refractivity contribution < 1.29 is 14.7 Å². The molecule has 2 aromatic rings. The van der Waals surface area contributed by atoms with E-state index in [4.69, 9.17) is 0 Å². The molecule has 2 aliphatic rings. The maximum Gasteiger partial charge on any atom is 0.255 e. The number of aliphatic hydroxyl groups is 1. The molecule has 1 N–H and O–H groups in total. The van der Waals surface area contributed by atoms with Gasteiger partial charge in [-0.05, 0) is 49.2 Å². The van der Waals surface area contributed by atoms with Gasteiger partial charge in [-0.25, -0.2) is 0 Å². The molecule has 0 saturated heterocycles. The minimum Gasteiger partial charge on any atom is -0.390 e. The number of nitriles is 1. The van der Waals surface area contributed by atoms with Gasteiger partial charge in [0.2, 0.25) is 0 Å². The fourth-order valence-electron chi connectivity index (χ4n) is 3.97. The first-order valence-corrected chi connectivity index (χ1v) is 8.52. The summed E-state index contributed by atoms with van der Waals surface area (Å²) in [6.07, 6.45) is -1.06. The summed E-state index contributed by atoms with van der Waals surface area (Å²) in [6, 6.07) is 13.6. The maximum atomic E-state index is 13.0. The number of Topliss-reactive ketones (excluding diaryl/α,β-unsaturated/α-hetero) is 1. The Bertz CT molecular complexity index is 987. The molecule has 130 valence electrons. The van der Waals surface area contributed by atoms with E-state index in [9.17, 15) is 20.0 Å². The number of amides is 1. The average molecular weight is 346 g/mol. The number of carbonyl (C=O) groups excluding carboxylic acids is 2. The fraction of sp³-hybridized carbons (Fsp3) is 0.286. The van der Waals surface area contributed by atoms with Crippen LogP contribution in [0.3, 0.4) is 0 Å². The molecule has 5 heteroatoms. The Morgan fingerprint density at radius 3 is 2.58 bits per heavy atom. The van der Waals surface area contributed by atoms with Gasteiger partial charge in [0.15, 0.2) is 5.78 Å². The molecular weight excluding hydrogens is 328 g/mol. The van der Waals surface area contributed by atoms with E-state index in [0.29, 0.717) is 28.8 Å². The Balaban J connectivity index is 1.89. The van der Waals surface area contributed by atoms with Crippen LogP contribution in [0.25, 0.3) is 0 Å². The molecule has 1 heterocycles. The number of nitrogens with zero attached hydrogens (tertiary/aromatic N) is 2. The standard InChI is InChI=1S/C21H18N2O3/c1-21(2)18(24)15-8-7-12(10-22)9-16(15)17(19(21)25)23-11-13-5-3-4-6-14(13)20(23)26/h3-9,17,19,25H,11H2,1-2H3/t17-,19+/m1/s1. The van der Waals surface area contributed by atoms with Gasteiger partial charge >= 0.3 is 0 Å². The first kappa shape index (κ1) is 16.5. The zero-order chi connectivity index (χ0) is 18.6. The number of rotatable bonds is 1. The lowest BCUT2D eigenvalue weighted by atomic mass is 9.68. The number of aliphatic hydroxyl groups excluding tert-OH is 1. The lowest BCUT2D eigenvalue weighted by molar-refractivity contribution is -0.0201. The number of hydrogen-bond donors (Lipinski definition) is 1. The van der Waals surface area contributed by atoms with Gasteiger partial charge in [0.05, 0.1) is 29.2 Å². The Labute approximate surface area is 151 Å². The van der Waals surface area contributed by atoms with Gasteiger partial charge in [0.1, 0.15) is 0 Å².